The predicted molar refractivity (Wildman–Crippen MR) is 119 cm³/mol. The first-order valence-electron chi connectivity index (χ1n) is 8.75. The maximum Gasteiger partial charge on any atom is 0.261 e. The molecule has 0 saturated carbocycles. The number of hydrogen-bond donors (Lipinski definition) is 2. The van der Waals surface area contributed by atoms with Gasteiger partial charge in [0.25, 0.3) is 10.0 Å². The zero-order valence-corrected chi connectivity index (χ0v) is 18.3. The minimum absolute atomic E-state index is 0.00348. The standard InChI is InChI=1S/C21H15Cl2N3O4S/c1-13(27)25-15-2-6-18(7-3-15)31(28,29)26-16-4-9-21(14(10-16)12-24)30-17-5-8-19(22)20(23)11-17/h2-11,26H,1H3,(H,25,27). The van der Waals surface area contributed by atoms with Crippen LogP contribution in [0.2, 0.25) is 10.0 Å². The van der Waals surface area contributed by atoms with Crippen molar-refractivity contribution in [3.05, 3.63) is 76.3 Å². The van der Waals surface area contributed by atoms with E-state index in [-0.39, 0.29) is 27.8 Å². The Morgan fingerprint density at radius 3 is 2.26 bits per heavy atom. The summed E-state index contributed by atoms with van der Waals surface area (Å²) in [6.07, 6.45) is 0. The second kappa shape index (κ2) is 9.27. The van der Waals surface area contributed by atoms with Crippen molar-refractivity contribution in [3.63, 3.8) is 0 Å². The van der Waals surface area contributed by atoms with Gasteiger partial charge < -0.3 is 10.1 Å². The van der Waals surface area contributed by atoms with Crippen molar-refractivity contribution >= 4 is 50.5 Å². The molecule has 0 aromatic heterocycles. The molecule has 3 rings (SSSR count). The number of halogens is 2. The summed E-state index contributed by atoms with van der Waals surface area (Å²) in [5.74, 6) is 0.336. The molecule has 10 heteroatoms. The second-order valence-electron chi connectivity index (χ2n) is 6.31. The van der Waals surface area contributed by atoms with Crippen LogP contribution in [0.1, 0.15) is 12.5 Å². The highest BCUT2D eigenvalue weighted by atomic mass is 35.5. The van der Waals surface area contributed by atoms with Crippen LogP contribution in [0.15, 0.2) is 65.6 Å². The molecule has 0 aliphatic carbocycles. The molecule has 0 spiro atoms. The Morgan fingerprint density at radius 2 is 1.65 bits per heavy atom. The molecule has 0 atom stereocenters. The van der Waals surface area contributed by atoms with Gasteiger partial charge >= 0.3 is 0 Å². The Labute approximate surface area is 189 Å². The summed E-state index contributed by atoms with van der Waals surface area (Å²) in [7, 11) is -3.91. The molecule has 0 saturated heterocycles. The van der Waals surface area contributed by atoms with E-state index in [0.29, 0.717) is 21.5 Å². The number of amides is 1. The van der Waals surface area contributed by atoms with Gasteiger partial charge in [0.05, 0.1) is 26.2 Å². The first-order valence-corrected chi connectivity index (χ1v) is 11.0. The van der Waals surface area contributed by atoms with Crippen molar-refractivity contribution in [1.82, 2.24) is 0 Å². The molecule has 1 amide bonds. The van der Waals surface area contributed by atoms with Crippen molar-refractivity contribution < 1.29 is 17.9 Å². The van der Waals surface area contributed by atoms with E-state index < -0.39 is 10.0 Å². The Hall–Kier alpha value is -3.25. The normalized spacial score (nSPS) is 10.8. The number of sulfonamides is 1. The highest BCUT2D eigenvalue weighted by Crippen LogP contribution is 2.32. The molecule has 3 aromatic carbocycles. The molecular weight excluding hydrogens is 461 g/mol. The van der Waals surface area contributed by atoms with Crippen molar-refractivity contribution in [1.29, 1.82) is 5.26 Å². The number of carbonyl (C=O) groups is 1. The summed E-state index contributed by atoms with van der Waals surface area (Å²) in [5, 5.41) is 12.7. The van der Waals surface area contributed by atoms with E-state index in [1.807, 2.05) is 6.07 Å². The molecule has 0 heterocycles. The monoisotopic (exact) mass is 475 g/mol. The van der Waals surface area contributed by atoms with Crippen LogP contribution in [0.3, 0.4) is 0 Å². The molecule has 2 N–H and O–H groups in total. The topological polar surface area (TPSA) is 108 Å². The molecule has 0 aliphatic heterocycles. The summed E-state index contributed by atoms with van der Waals surface area (Å²) >= 11 is 11.9. The lowest BCUT2D eigenvalue weighted by atomic mass is 10.2. The second-order valence-corrected chi connectivity index (χ2v) is 8.81. The first-order chi connectivity index (χ1) is 14.7. The third kappa shape index (κ3) is 5.67. The van der Waals surface area contributed by atoms with Gasteiger partial charge in [-0.3, -0.25) is 9.52 Å². The highest BCUT2D eigenvalue weighted by Gasteiger charge is 2.16. The smallest absolute Gasteiger partial charge is 0.261 e. The van der Waals surface area contributed by atoms with Crippen molar-refractivity contribution in [2.24, 2.45) is 0 Å². The van der Waals surface area contributed by atoms with Crippen molar-refractivity contribution in [2.75, 3.05) is 10.0 Å². The highest BCUT2D eigenvalue weighted by molar-refractivity contribution is 7.92. The average molecular weight is 476 g/mol. The molecule has 0 bridgehead atoms. The van der Waals surface area contributed by atoms with Gasteiger partial charge in [0, 0.05) is 18.7 Å². The first kappa shape index (κ1) is 22.4. The van der Waals surface area contributed by atoms with Crippen molar-refractivity contribution in [3.8, 4) is 17.6 Å². The van der Waals surface area contributed by atoms with Crippen LogP contribution < -0.4 is 14.8 Å². The number of benzene rings is 3. The van der Waals surface area contributed by atoms with Gasteiger partial charge in [-0.15, -0.1) is 0 Å². The van der Waals surface area contributed by atoms with Crippen LogP contribution in [0.4, 0.5) is 11.4 Å². The summed E-state index contributed by atoms with van der Waals surface area (Å²) in [4.78, 5) is 11.1. The van der Waals surface area contributed by atoms with Crippen LogP contribution in [0.25, 0.3) is 0 Å². The maximum atomic E-state index is 12.6. The molecule has 7 nitrogen and oxygen atoms in total. The number of nitrogens with zero attached hydrogens (tertiary/aromatic N) is 1. The quantitative estimate of drug-likeness (QED) is 0.494. The van der Waals surface area contributed by atoms with Gasteiger partial charge in [0.2, 0.25) is 5.91 Å². The number of anilines is 2. The third-order valence-corrected chi connectivity index (χ3v) is 6.09. The fourth-order valence-electron chi connectivity index (χ4n) is 2.57. The number of ether oxygens (including phenoxy) is 1. The number of carbonyl (C=O) groups excluding carboxylic acids is 1. The average Bonchev–Trinajstić information content (AvgIpc) is 2.71. The van der Waals surface area contributed by atoms with E-state index in [1.165, 1.54) is 55.5 Å². The summed E-state index contributed by atoms with van der Waals surface area (Å²) in [6.45, 7) is 1.36. The predicted octanol–water partition coefficient (Wildman–Crippen LogP) is 5.42. The summed E-state index contributed by atoms with van der Waals surface area (Å²) in [5.41, 5.74) is 0.776. The molecule has 0 unspecified atom stereocenters. The summed E-state index contributed by atoms with van der Waals surface area (Å²) in [6, 6.07) is 16.6. The molecule has 0 radical (unpaired) electrons. The van der Waals surface area contributed by atoms with Gasteiger partial charge in [-0.25, -0.2) is 8.42 Å². The van der Waals surface area contributed by atoms with E-state index >= 15 is 0 Å². The summed E-state index contributed by atoms with van der Waals surface area (Å²) < 4.78 is 33.4. The largest absolute Gasteiger partial charge is 0.456 e. The number of rotatable bonds is 6. The van der Waals surface area contributed by atoms with E-state index in [2.05, 4.69) is 10.0 Å². The minimum Gasteiger partial charge on any atom is -0.456 e. The van der Waals surface area contributed by atoms with Crippen LogP contribution in [0.5, 0.6) is 11.5 Å². The van der Waals surface area contributed by atoms with Crippen LogP contribution in [0, 0.1) is 11.3 Å². The van der Waals surface area contributed by atoms with E-state index in [4.69, 9.17) is 27.9 Å². The van der Waals surface area contributed by atoms with Crippen LogP contribution in [-0.4, -0.2) is 14.3 Å². The Bertz CT molecular complexity index is 1290. The molecular formula is C21H15Cl2N3O4S. The molecule has 0 fully saturated rings. The molecule has 3 aromatic rings. The van der Waals surface area contributed by atoms with Crippen LogP contribution in [-0.2, 0) is 14.8 Å². The molecule has 0 aliphatic rings. The zero-order valence-electron chi connectivity index (χ0n) is 16.0. The zero-order chi connectivity index (χ0) is 22.6. The van der Waals surface area contributed by atoms with E-state index in [1.54, 1.807) is 12.1 Å². The number of nitriles is 1. The number of nitrogens with one attached hydrogen (secondary N) is 2. The van der Waals surface area contributed by atoms with Gasteiger partial charge in [-0.2, -0.15) is 5.26 Å². The SMILES string of the molecule is CC(=O)Nc1ccc(S(=O)(=O)Nc2ccc(Oc3ccc(Cl)c(Cl)c3)c(C#N)c2)cc1. The fourth-order valence-corrected chi connectivity index (χ4v) is 3.91. The number of hydrogen-bond acceptors (Lipinski definition) is 5. The maximum absolute atomic E-state index is 12.6. The van der Waals surface area contributed by atoms with E-state index in [0.717, 1.165) is 0 Å². The Kier molecular flexibility index (Phi) is 6.71. The van der Waals surface area contributed by atoms with Crippen LogP contribution >= 0.6 is 23.2 Å². The molecule has 31 heavy (non-hydrogen) atoms. The lowest BCUT2D eigenvalue weighted by Gasteiger charge is -2.12. The Balaban J connectivity index is 1.81. The molecule has 158 valence electrons. The van der Waals surface area contributed by atoms with E-state index in [9.17, 15) is 18.5 Å². The Morgan fingerprint density at radius 1 is 0.968 bits per heavy atom. The van der Waals surface area contributed by atoms with Gasteiger partial charge in [0.15, 0.2) is 0 Å². The fraction of sp³-hybridized carbons (Fsp3) is 0.0476. The van der Waals surface area contributed by atoms with Gasteiger partial charge in [-0.05, 0) is 54.6 Å². The third-order valence-electron chi connectivity index (χ3n) is 3.96. The minimum atomic E-state index is -3.91. The van der Waals surface area contributed by atoms with Crippen molar-refractivity contribution in [2.45, 2.75) is 11.8 Å². The van der Waals surface area contributed by atoms with Gasteiger partial charge in [0.1, 0.15) is 17.6 Å². The lowest BCUT2D eigenvalue weighted by molar-refractivity contribution is -0.114. The van der Waals surface area contributed by atoms with Gasteiger partial charge in [-0.1, -0.05) is 23.2 Å². The lowest BCUT2D eigenvalue weighted by Crippen LogP contribution is -2.13.